The van der Waals surface area contributed by atoms with Crippen LogP contribution in [0.25, 0.3) is 0 Å². The highest BCUT2D eigenvalue weighted by Gasteiger charge is 2.19. The molecule has 86 valence electrons. The van der Waals surface area contributed by atoms with E-state index in [1.54, 1.807) is 6.20 Å². The summed E-state index contributed by atoms with van der Waals surface area (Å²) in [7, 11) is 0. The van der Waals surface area contributed by atoms with Crippen molar-refractivity contribution in [1.29, 1.82) is 0 Å². The molecule has 0 fully saturated rings. The van der Waals surface area contributed by atoms with Gasteiger partial charge in [-0.3, -0.25) is 9.69 Å². The molecule has 3 nitrogen and oxygen atoms in total. The fraction of sp³-hybridized carbons (Fsp3) is 0.583. The van der Waals surface area contributed by atoms with Crippen molar-refractivity contribution in [3.63, 3.8) is 0 Å². The number of nitrogens with zero attached hydrogens (tertiary/aromatic N) is 1. The first kappa shape index (κ1) is 13.8. The Morgan fingerprint density at radius 1 is 1.40 bits per heavy atom. The number of amides is 1. The lowest BCUT2D eigenvalue weighted by Gasteiger charge is -2.20. The van der Waals surface area contributed by atoms with Crippen molar-refractivity contribution in [2.75, 3.05) is 0 Å². The number of hydrogen-bond donors (Lipinski definition) is 1. The molecule has 0 atom stereocenters. The molecule has 0 saturated heterocycles. The molecule has 0 unspecified atom stereocenters. The van der Waals surface area contributed by atoms with Gasteiger partial charge in [-0.1, -0.05) is 33.3 Å². The third-order valence-corrected chi connectivity index (χ3v) is 2.32. The van der Waals surface area contributed by atoms with Gasteiger partial charge in [0.1, 0.15) is 0 Å². The molecule has 3 heteroatoms. The first-order valence-electron chi connectivity index (χ1n) is 5.54. The summed E-state index contributed by atoms with van der Waals surface area (Å²) in [6, 6.07) is 0. The molecule has 0 spiro atoms. The number of nitrogens with two attached hydrogens (primary N) is 1. The zero-order valence-electron chi connectivity index (χ0n) is 9.78. The average Bonchev–Trinajstić information content (AvgIpc) is 2.24. The second-order valence-corrected chi connectivity index (χ2v) is 3.54. The molecule has 0 aliphatic rings. The molecular weight excluding hydrogens is 188 g/mol. The topological polar surface area (TPSA) is 46.3 Å². The molecule has 0 aromatic heterocycles. The van der Waals surface area contributed by atoms with E-state index < -0.39 is 0 Å². The largest absolute Gasteiger partial charge is 0.403 e. The molecule has 0 bridgehead atoms. The van der Waals surface area contributed by atoms with Crippen LogP contribution in [0.1, 0.15) is 39.5 Å². The van der Waals surface area contributed by atoms with Gasteiger partial charge in [-0.05, 0) is 12.8 Å². The Morgan fingerprint density at radius 3 is 2.27 bits per heavy atom. The number of carbonyl (C=O) groups is 1. The SMILES string of the molecule is C=CN(/C=C\N)C(=O)C(CCC)CCC. The van der Waals surface area contributed by atoms with Crippen LogP contribution in [0.4, 0.5) is 0 Å². The van der Waals surface area contributed by atoms with Gasteiger partial charge in [0.2, 0.25) is 5.91 Å². The highest BCUT2D eigenvalue weighted by molar-refractivity contribution is 5.80. The van der Waals surface area contributed by atoms with Gasteiger partial charge in [0.15, 0.2) is 0 Å². The molecule has 0 aromatic rings. The van der Waals surface area contributed by atoms with Crippen LogP contribution in [0, 0.1) is 5.92 Å². The number of hydrogen-bond acceptors (Lipinski definition) is 2. The quantitative estimate of drug-likeness (QED) is 0.702. The van der Waals surface area contributed by atoms with Crippen LogP contribution >= 0.6 is 0 Å². The minimum Gasteiger partial charge on any atom is -0.403 e. The summed E-state index contributed by atoms with van der Waals surface area (Å²) in [6.45, 7) is 7.78. The molecule has 0 saturated carbocycles. The first-order valence-corrected chi connectivity index (χ1v) is 5.54. The summed E-state index contributed by atoms with van der Waals surface area (Å²) in [6.07, 6.45) is 8.30. The monoisotopic (exact) mass is 210 g/mol. The van der Waals surface area contributed by atoms with Crippen LogP contribution in [-0.4, -0.2) is 10.8 Å². The Balaban J connectivity index is 4.50. The standard InChI is InChI=1S/C12H22N2O/c1-4-7-11(8-5-2)12(15)14(6-3)10-9-13/h6,9-11H,3-5,7-8,13H2,1-2H3/b10-9-. The number of rotatable bonds is 7. The van der Waals surface area contributed by atoms with Crippen LogP contribution in [0.3, 0.4) is 0 Å². The first-order chi connectivity index (χ1) is 7.21. The molecular formula is C12H22N2O. The maximum Gasteiger partial charge on any atom is 0.233 e. The Morgan fingerprint density at radius 2 is 1.93 bits per heavy atom. The Labute approximate surface area is 92.6 Å². The van der Waals surface area contributed by atoms with Gasteiger partial charge in [0.25, 0.3) is 0 Å². The van der Waals surface area contributed by atoms with Crippen LogP contribution in [0.5, 0.6) is 0 Å². The summed E-state index contributed by atoms with van der Waals surface area (Å²) in [4.78, 5) is 13.5. The molecule has 0 heterocycles. The maximum atomic E-state index is 12.0. The lowest BCUT2D eigenvalue weighted by molar-refractivity contribution is -0.131. The van der Waals surface area contributed by atoms with Gasteiger partial charge in [0.05, 0.1) is 0 Å². The zero-order chi connectivity index (χ0) is 11.7. The second kappa shape index (κ2) is 8.09. The van der Waals surface area contributed by atoms with E-state index in [0.29, 0.717) is 0 Å². The van der Waals surface area contributed by atoms with Crippen LogP contribution < -0.4 is 5.73 Å². The predicted octanol–water partition coefficient (Wildman–Crippen LogP) is 2.60. The summed E-state index contributed by atoms with van der Waals surface area (Å²) in [5.74, 6) is 0.185. The summed E-state index contributed by atoms with van der Waals surface area (Å²) in [5, 5.41) is 0. The fourth-order valence-electron chi connectivity index (χ4n) is 1.62. The summed E-state index contributed by atoms with van der Waals surface area (Å²) >= 11 is 0. The van der Waals surface area contributed by atoms with Gasteiger partial charge < -0.3 is 5.73 Å². The average molecular weight is 210 g/mol. The van der Waals surface area contributed by atoms with Crippen LogP contribution in [0.15, 0.2) is 25.2 Å². The summed E-state index contributed by atoms with van der Waals surface area (Å²) < 4.78 is 0. The lowest BCUT2D eigenvalue weighted by atomic mass is 9.97. The highest BCUT2D eigenvalue weighted by Crippen LogP contribution is 2.17. The van der Waals surface area contributed by atoms with Gasteiger partial charge >= 0.3 is 0 Å². The molecule has 0 aliphatic carbocycles. The van der Waals surface area contributed by atoms with Crippen molar-refractivity contribution < 1.29 is 4.79 Å². The summed E-state index contributed by atoms with van der Waals surface area (Å²) in [5.41, 5.74) is 5.27. The molecule has 0 aliphatic heterocycles. The third kappa shape index (κ3) is 4.68. The molecule has 2 N–H and O–H groups in total. The van der Waals surface area contributed by atoms with Gasteiger partial charge in [-0.15, -0.1) is 0 Å². The van der Waals surface area contributed by atoms with Crippen LogP contribution in [-0.2, 0) is 4.79 Å². The van der Waals surface area contributed by atoms with E-state index in [-0.39, 0.29) is 11.8 Å². The second-order valence-electron chi connectivity index (χ2n) is 3.54. The van der Waals surface area contributed by atoms with Crippen molar-refractivity contribution in [3.05, 3.63) is 25.2 Å². The minimum atomic E-state index is 0.0919. The molecule has 15 heavy (non-hydrogen) atoms. The molecule has 0 rings (SSSR count). The van der Waals surface area contributed by atoms with Crippen molar-refractivity contribution in [2.24, 2.45) is 11.7 Å². The highest BCUT2D eigenvalue weighted by atomic mass is 16.2. The smallest absolute Gasteiger partial charge is 0.233 e. The van der Waals surface area contributed by atoms with E-state index >= 15 is 0 Å². The molecule has 1 amide bonds. The molecule has 0 aromatic carbocycles. The minimum absolute atomic E-state index is 0.0919. The van der Waals surface area contributed by atoms with E-state index in [9.17, 15) is 4.79 Å². The van der Waals surface area contributed by atoms with Crippen molar-refractivity contribution in [2.45, 2.75) is 39.5 Å². The van der Waals surface area contributed by atoms with Gasteiger partial charge in [-0.25, -0.2) is 0 Å². The van der Waals surface area contributed by atoms with E-state index in [4.69, 9.17) is 5.73 Å². The Hall–Kier alpha value is -1.25. The van der Waals surface area contributed by atoms with Crippen molar-refractivity contribution in [1.82, 2.24) is 4.90 Å². The zero-order valence-corrected chi connectivity index (χ0v) is 9.78. The van der Waals surface area contributed by atoms with Crippen molar-refractivity contribution in [3.8, 4) is 0 Å². The van der Waals surface area contributed by atoms with E-state index in [1.165, 1.54) is 17.3 Å². The van der Waals surface area contributed by atoms with Crippen LogP contribution in [0.2, 0.25) is 0 Å². The molecule has 0 radical (unpaired) electrons. The van der Waals surface area contributed by atoms with Gasteiger partial charge in [0, 0.05) is 24.5 Å². The Kier molecular flexibility index (Phi) is 7.42. The maximum absolute atomic E-state index is 12.0. The third-order valence-electron chi connectivity index (χ3n) is 2.32. The number of carbonyl (C=O) groups excluding carboxylic acids is 1. The van der Waals surface area contributed by atoms with E-state index in [1.807, 2.05) is 0 Å². The normalized spacial score (nSPS) is 10.9. The van der Waals surface area contributed by atoms with Gasteiger partial charge in [-0.2, -0.15) is 0 Å². The van der Waals surface area contributed by atoms with Crippen molar-refractivity contribution >= 4 is 5.91 Å². The Bertz CT molecular complexity index is 218. The fourth-order valence-corrected chi connectivity index (χ4v) is 1.62. The van der Waals surface area contributed by atoms with E-state index in [2.05, 4.69) is 20.4 Å². The van der Waals surface area contributed by atoms with E-state index in [0.717, 1.165) is 25.7 Å². The lowest BCUT2D eigenvalue weighted by Crippen LogP contribution is -2.28. The predicted molar refractivity (Wildman–Crippen MR) is 63.7 cm³/mol.